The van der Waals surface area contributed by atoms with Crippen molar-refractivity contribution in [2.75, 3.05) is 21.1 Å². The van der Waals surface area contributed by atoms with Crippen molar-refractivity contribution < 1.29 is 24.6 Å². The average Bonchev–Trinajstić information content (AvgIpc) is 2.52. The van der Waals surface area contributed by atoms with Crippen LogP contribution in [0.15, 0.2) is 4.99 Å². The first-order chi connectivity index (χ1) is 7.76. The van der Waals surface area contributed by atoms with Crippen LogP contribution in [0.1, 0.15) is 0 Å². The first-order valence-electron chi connectivity index (χ1n) is 4.55. The van der Waals surface area contributed by atoms with Gasteiger partial charge in [-0.25, -0.2) is 14.4 Å². The Morgan fingerprint density at radius 3 is 2.47 bits per heavy atom. The van der Waals surface area contributed by atoms with Gasteiger partial charge in [0.25, 0.3) is 0 Å². The Hall–Kier alpha value is -2.16. The number of urea groups is 2. The van der Waals surface area contributed by atoms with Crippen LogP contribution >= 0.6 is 0 Å². The number of aliphatic hydroxyl groups is 1. The molecule has 0 aliphatic carbocycles. The second kappa shape index (κ2) is 4.01. The Kier molecular flexibility index (Phi) is 3.05. The number of carbonyl (C=O) groups is 3. The molecule has 1 atom stereocenters. The van der Waals surface area contributed by atoms with Gasteiger partial charge in [0.05, 0.1) is 0 Å². The van der Waals surface area contributed by atoms with Crippen molar-refractivity contribution in [2.24, 2.45) is 4.99 Å². The second-order valence-corrected chi connectivity index (χ2v) is 3.37. The zero-order valence-electron chi connectivity index (χ0n) is 9.46. The van der Waals surface area contributed by atoms with Crippen LogP contribution in [0.5, 0.6) is 0 Å². The maximum Gasteiger partial charge on any atom is 0.365 e. The molecule has 0 aromatic heterocycles. The van der Waals surface area contributed by atoms with Gasteiger partial charge in [0, 0.05) is 21.1 Å². The summed E-state index contributed by atoms with van der Waals surface area (Å²) in [7, 11) is 3.59. The van der Waals surface area contributed by atoms with Crippen LogP contribution in [-0.4, -0.2) is 70.7 Å². The molecule has 0 aromatic carbocycles. The smallest absolute Gasteiger partial charge is 0.365 e. The Labute approximate surface area is 96.3 Å². The number of carbonyl (C=O) groups excluding carboxylic acids is 2. The molecule has 4 amide bonds. The van der Waals surface area contributed by atoms with Crippen molar-refractivity contribution in [3.05, 3.63) is 0 Å². The average molecular weight is 244 g/mol. The zero-order chi connectivity index (χ0) is 13.4. The van der Waals surface area contributed by atoms with E-state index in [0.29, 0.717) is 4.90 Å². The number of nitrogens with zero attached hydrogens (tertiary/aromatic N) is 3. The highest BCUT2D eigenvalue weighted by atomic mass is 16.4. The molecule has 1 unspecified atom stereocenters. The van der Waals surface area contributed by atoms with E-state index in [9.17, 15) is 19.5 Å². The Morgan fingerprint density at radius 2 is 2.06 bits per heavy atom. The van der Waals surface area contributed by atoms with Crippen molar-refractivity contribution >= 4 is 23.9 Å². The minimum atomic E-state index is -2.64. The Morgan fingerprint density at radius 1 is 1.53 bits per heavy atom. The van der Waals surface area contributed by atoms with Gasteiger partial charge in [-0.3, -0.25) is 9.80 Å². The maximum absolute atomic E-state index is 11.3. The van der Waals surface area contributed by atoms with Crippen molar-refractivity contribution in [3.63, 3.8) is 0 Å². The number of amides is 4. The van der Waals surface area contributed by atoms with Gasteiger partial charge in [0.1, 0.15) is 0 Å². The van der Waals surface area contributed by atoms with Crippen LogP contribution in [-0.2, 0) is 4.79 Å². The number of aliphatic imine (C=N–C) groups is 1. The number of hydrogen-bond acceptors (Lipinski definition) is 4. The number of hydrogen-bond donors (Lipinski definition) is 3. The second-order valence-electron chi connectivity index (χ2n) is 3.37. The van der Waals surface area contributed by atoms with E-state index in [1.165, 1.54) is 14.1 Å². The zero-order valence-corrected chi connectivity index (χ0v) is 9.46. The van der Waals surface area contributed by atoms with Gasteiger partial charge in [-0.2, -0.15) is 4.99 Å². The fourth-order valence-electron chi connectivity index (χ4n) is 1.34. The van der Waals surface area contributed by atoms with E-state index < -0.39 is 29.6 Å². The van der Waals surface area contributed by atoms with Crippen LogP contribution in [0.3, 0.4) is 0 Å². The largest absolute Gasteiger partial charge is 0.477 e. The summed E-state index contributed by atoms with van der Waals surface area (Å²) in [6.07, 6.45) is 0. The molecule has 0 spiro atoms. The normalized spacial score (nSPS) is 23.4. The van der Waals surface area contributed by atoms with Gasteiger partial charge in [0.15, 0.2) is 5.84 Å². The van der Waals surface area contributed by atoms with Gasteiger partial charge in [0.2, 0.25) is 0 Å². The lowest BCUT2D eigenvalue weighted by atomic mass is 10.2. The van der Waals surface area contributed by atoms with Gasteiger partial charge in [-0.15, -0.1) is 0 Å². The van der Waals surface area contributed by atoms with E-state index >= 15 is 0 Å². The summed E-state index contributed by atoms with van der Waals surface area (Å²) in [6.45, 7) is 0. The van der Waals surface area contributed by atoms with E-state index in [0.717, 1.165) is 11.9 Å². The molecule has 9 nitrogen and oxygen atoms in total. The summed E-state index contributed by atoms with van der Waals surface area (Å²) in [6, 6.07) is -1.65. The van der Waals surface area contributed by atoms with E-state index in [4.69, 9.17) is 5.11 Å². The third-order valence-electron chi connectivity index (χ3n) is 2.42. The lowest BCUT2D eigenvalue weighted by Gasteiger charge is -2.29. The number of rotatable bonds is 1. The summed E-state index contributed by atoms with van der Waals surface area (Å²) in [5.41, 5.74) is -2.64. The van der Waals surface area contributed by atoms with Crippen molar-refractivity contribution in [1.29, 1.82) is 0 Å². The summed E-state index contributed by atoms with van der Waals surface area (Å²) in [5, 5.41) is 21.1. The third kappa shape index (κ3) is 1.69. The van der Waals surface area contributed by atoms with Crippen LogP contribution in [0.25, 0.3) is 0 Å². The standard InChI is InChI=1S/C8H12N4O5/c1-9-6(15)11(2)4-8(17,5(13)14)12(3)7(16)10-4/h17H,1-3H3,(H,9,15)(H,13,14). The van der Waals surface area contributed by atoms with Crippen LogP contribution < -0.4 is 5.32 Å². The minimum absolute atomic E-state index is 0.532. The molecule has 0 saturated carbocycles. The molecular weight excluding hydrogens is 232 g/mol. The summed E-state index contributed by atoms with van der Waals surface area (Å²) in [5.74, 6) is -2.25. The molecule has 0 fully saturated rings. The fraction of sp³-hybridized carbons (Fsp3) is 0.500. The van der Waals surface area contributed by atoms with Gasteiger partial charge < -0.3 is 15.5 Å². The lowest BCUT2D eigenvalue weighted by Crippen LogP contribution is -2.61. The van der Waals surface area contributed by atoms with E-state index in [-0.39, 0.29) is 0 Å². The van der Waals surface area contributed by atoms with E-state index in [1.807, 2.05) is 0 Å². The maximum atomic E-state index is 11.3. The summed E-state index contributed by atoms with van der Waals surface area (Å²) in [4.78, 5) is 38.3. The predicted octanol–water partition coefficient (Wildman–Crippen LogP) is -1.51. The summed E-state index contributed by atoms with van der Waals surface area (Å²) >= 11 is 0. The molecule has 0 aromatic rings. The number of likely N-dealkylation sites (N-methyl/N-ethyl adjacent to an activating group) is 2. The molecule has 17 heavy (non-hydrogen) atoms. The highest BCUT2D eigenvalue weighted by Crippen LogP contribution is 2.23. The first kappa shape index (κ1) is 12.9. The van der Waals surface area contributed by atoms with Crippen molar-refractivity contribution in [1.82, 2.24) is 15.1 Å². The van der Waals surface area contributed by atoms with Crippen molar-refractivity contribution in [2.45, 2.75) is 5.72 Å². The molecule has 9 heteroatoms. The number of amidine groups is 1. The number of carboxylic acid groups (broad SMARTS) is 1. The molecule has 1 rings (SSSR count). The molecule has 3 N–H and O–H groups in total. The SMILES string of the molecule is CNC(=O)N(C)C1=NC(=O)N(C)C1(O)C(=O)O. The molecule has 0 saturated heterocycles. The quantitative estimate of drug-likeness (QED) is 0.517. The summed E-state index contributed by atoms with van der Waals surface area (Å²) < 4.78 is 0. The van der Waals surface area contributed by atoms with Crippen molar-refractivity contribution in [3.8, 4) is 0 Å². The molecule has 0 bridgehead atoms. The van der Waals surface area contributed by atoms with Gasteiger partial charge >= 0.3 is 23.8 Å². The van der Waals surface area contributed by atoms with Crippen LogP contribution in [0, 0.1) is 0 Å². The van der Waals surface area contributed by atoms with Crippen LogP contribution in [0.4, 0.5) is 9.59 Å². The van der Waals surface area contributed by atoms with Gasteiger partial charge in [-0.1, -0.05) is 0 Å². The number of nitrogens with one attached hydrogen (secondary N) is 1. The Balaban J connectivity index is 3.22. The minimum Gasteiger partial charge on any atom is -0.477 e. The highest BCUT2D eigenvalue weighted by Gasteiger charge is 2.55. The molecule has 0 radical (unpaired) electrons. The highest BCUT2D eigenvalue weighted by molar-refractivity contribution is 6.20. The molecular formula is C8H12N4O5. The first-order valence-corrected chi connectivity index (χ1v) is 4.55. The topological polar surface area (TPSA) is 123 Å². The molecule has 94 valence electrons. The monoisotopic (exact) mass is 244 g/mol. The van der Waals surface area contributed by atoms with E-state index in [1.54, 1.807) is 0 Å². The predicted molar refractivity (Wildman–Crippen MR) is 55.4 cm³/mol. The lowest BCUT2D eigenvalue weighted by molar-refractivity contribution is -0.161. The fourth-order valence-corrected chi connectivity index (χ4v) is 1.34. The molecule has 1 aliphatic rings. The third-order valence-corrected chi connectivity index (χ3v) is 2.42. The van der Waals surface area contributed by atoms with Gasteiger partial charge in [-0.05, 0) is 0 Å². The number of aliphatic carboxylic acids is 1. The number of carboxylic acids is 1. The van der Waals surface area contributed by atoms with E-state index in [2.05, 4.69) is 10.3 Å². The molecule has 1 heterocycles. The molecule has 1 aliphatic heterocycles. The van der Waals surface area contributed by atoms with Crippen LogP contribution in [0.2, 0.25) is 0 Å². The Bertz CT molecular complexity index is 420.